The fourth-order valence-corrected chi connectivity index (χ4v) is 3.09. The van der Waals surface area contributed by atoms with Crippen LogP contribution < -0.4 is 4.74 Å². The molecule has 1 aliphatic heterocycles. The Bertz CT molecular complexity index is 549. The van der Waals surface area contributed by atoms with Crippen LogP contribution in [0.1, 0.15) is 24.8 Å². The molecule has 0 saturated heterocycles. The summed E-state index contributed by atoms with van der Waals surface area (Å²) in [6.45, 7) is 0. The van der Waals surface area contributed by atoms with E-state index in [4.69, 9.17) is 4.74 Å². The quantitative estimate of drug-likeness (QED) is 0.738. The van der Waals surface area contributed by atoms with Gasteiger partial charge in [0.2, 0.25) is 0 Å². The van der Waals surface area contributed by atoms with E-state index in [0.717, 1.165) is 15.8 Å². The Morgan fingerprint density at radius 1 is 1.53 bits per heavy atom. The van der Waals surface area contributed by atoms with Gasteiger partial charge < -0.3 is 4.74 Å². The molecule has 0 N–H and O–H groups in total. The van der Waals surface area contributed by atoms with Crippen LogP contribution in [0.25, 0.3) is 0 Å². The minimum Gasteiger partial charge on any atom is -0.488 e. The van der Waals surface area contributed by atoms with Gasteiger partial charge in [-0.1, -0.05) is 15.9 Å². The van der Waals surface area contributed by atoms with Crippen LogP contribution in [0.5, 0.6) is 5.75 Å². The maximum atomic E-state index is 11.5. The summed E-state index contributed by atoms with van der Waals surface area (Å²) in [6.07, 6.45) is 1.08. The van der Waals surface area contributed by atoms with Gasteiger partial charge in [-0.2, -0.15) is 5.26 Å². The molecule has 0 unspecified atom stereocenters. The number of ether oxygens (including phenoxy) is 1. The third kappa shape index (κ3) is 1.42. The number of fused-ring (bicyclic) bond motifs is 3. The molecule has 0 amide bonds. The number of hydrogen-bond acceptors (Lipinski definition) is 3. The molecule has 1 aromatic rings. The van der Waals surface area contributed by atoms with Gasteiger partial charge in [0, 0.05) is 22.9 Å². The second-order valence-electron chi connectivity index (χ2n) is 4.57. The summed E-state index contributed by atoms with van der Waals surface area (Å²) in [7, 11) is 0. The van der Waals surface area contributed by atoms with Gasteiger partial charge in [0.1, 0.15) is 23.1 Å². The van der Waals surface area contributed by atoms with E-state index < -0.39 is 5.41 Å². The zero-order valence-corrected chi connectivity index (χ0v) is 10.7. The van der Waals surface area contributed by atoms with E-state index in [1.165, 1.54) is 0 Å². The van der Waals surface area contributed by atoms with E-state index in [9.17, 15) is 10.1 Å². The van der Waals surface area contributed by atoms with Gasteiger partial charge in [0.05, 0.1) is 6.07 Å². The standard InChI is InChI=1S/C13H10BrNO2/c14-8-1-2-11-10(5-8)13(7-15)4-3-9(16)6-12(13)17-11/h1-2,5,12H,3-4,6H2/t12-,13+/m1/s1. The first kappa shape index (κ1) is 10.8. The number of ketones is 1. The SMILES string of the molecule is N#C[C@]12CCC(=O)C[C@H]1Oc1ccc(Br)cc12. The summed E-state index contributed by atoms with van der Waals surface area (Å²) in [5, 5.41) is 9.52. The minimum atomic E-state index is -0.632. The molecule has 0 aromatic heterocycles. The van der Waals surface area contributed by atoms with Gasteiger partial charge >= 0.3 is 0 Å². The van der Waals surface area contributed by atoms with Crippen LogP contribution in [-0.2, 0) is 10.2 Å². The van der Waals surface area contributed by atoms with Crippen molar-refractivity contribution in [2.24, 2.45) is 0 Å². The highest BCUT2D eigenvalue weighted by molar-refractivity contribution is 9.10. The molecular formula is C13H10BrNO2. The van der Waals surface area contributed by atoms with Gasteiger partial charge in [-0.3, -0.25) is 4.79 Å². The lowest BCUT2D eigenvalue weighted by molar-refractivity contribution is -0.123. The van der Waals surface area contributed by atoms with Crippen LogP contribution >= 0.6 is 15.9 Å². The topological polar surface area (TPSA) is 50.1 Å². The first-order valence-electron chi connectivity index (χ1n) is 5.55. The highest BCUT2D eigenvalue weighted by Gasteiger charge is 2.52. The zero-order valence-electron chi connectivity index (χ0n) is 9.07. The summed E-state index contributed by atoms with van der Waals surface area (Å²) in [5.41, 5.74) is 0.291. The summed E-state index contributed by atoms with van der Waals surface area (Å²) in [4.78, 5) is 11.5. The monoisotopic (exact) mass is 291 g/mol. The number of rotatable bonds is 0. The van der Waals surface area contributed by atoms with Gasteiger partial charge in [0.25, 0.3) is 0 Å². The van der Waals surface area contributed by atoms with Gasteiger partial charge in [-0.05, 0) is 24.6 Å². The van der Waals surface area contributed by atoms with E-state index in [1.807, 2.05) is 18.2 Å². The Morgan fingerprint density at radius 2 is 2.35 bits per heavy atom. The summed E-state index contributed by atoms with van der Waals surface area (Å²) in [5.74, 6) is 0.933. The minimum absolute atomic E-state index is 0.188. The summed E-state index contributed by atoms with van der Waals surface area (Å²) in [6, 6.07) is 8.08. The van der Waals surface area contributed by atoms with Gasteiger partial charge in [-0.25, -0.2) is 0 Å². The molecule has 1 aliphatic carbocycles. The predicted molar refractivity (Wildman–Crippen MR) is 64.7 cm³/mol. The Hall–Kier alpha value is -1.34. The zero-order chi connectivity index (χ0) is 12.0. The first-order valence-corrected chi connectivity index (χ1v) is 6.35. The highest BCUT2D eigenvalue weighted by Crippen LogP contribution is 2.49. The second kappa shape index (κ2) is 3.58. The van der Waals surface area contributed by atoms with Gasteiger partial charge in [-0.15, -0.1) is 0 Å². The molecule has 1 aromatic carbocycles. The molecule has 3 nitrogen and oxygen atoms in total. The summed E-state index contributed by atoms with van der Waals surface area (Å²) >= 11 is 3.41. The van der Waals surface area contributed by atoms with Crippen LogP contribution in [0.4, 0.5) is 0 Å². The second-order valence-corrected chi connectivity index (χ2v) is 5.49. The van der Waals surface area contributed by atoms with Crippen LogP contribution in [-0.4, -0.2) is 11.9 Å². The molecular weight excluding hydrogens is 282 g/mol. The van der Waals surface area contributed by atoms with Crippen molar-refractivity contribution in [1.29, 1.82) is 5.26 Å². The average Bonchev–Trinajstić information content (AvgIpc) is 2.63. The third-order valence-corrected chi connectivity index (χ3v) is 4.15. The number of halogens is 1. The molecule has 4 heteroatoms. The molecule has 17 heavy (non-hydrogen) atoms. The van der Waals surface area contributed by atoms with Crippen LogP contribution in [0.2, 0.25) is 0 Å². The maximum Gasteiger partial charge on any atom is 0.136 e. The molecule has 0 radical (unpaired) electrons. The van der Waals surface area contributed by atoms with Crippen LogP contribution in [0, 0.1) is 11.3 Å². The van der Waals surface area contributed by atoms with Crippen molar-refractivity contribution in [2.45, 2.75) is 30.8 Å². The smallest absolute Gasteiger partial charge is 0.136 e. The largest absolute Gasteiger partial charge is 0.488 e. The molecule has 2 aliphatic rings. The fourth-order valence-electron chi connectivity index (χ4n) is 2.73. The van der Waals surface area contributed by atoms with Crippen molar-refractivity contribution in [3.63, 3.8) is 0 Å². The lowest BCUT2D eigenvalue weighted by Crippen LogP contribution is -2.42. The normalized spacial score (nSPS) is 30.1. The molecule has 1 heterocycles. The Kier molecular flexibility index (Phi) is 2.27. The highest BCUT2D eigenvalue weighted by atomic mass is 79.9. The molecule has 1 fully saturated rings. The van der Waals surface area contributed by atoms with Crippen molar-refractivity contribution in [3.05, 3.63) is 28.2 Å². The number of benzene rings is 1. The number of hydrogen-bond donors (Lipinski definition) is 0. The fraction of sp³-hybridized carbons (Fsp3) is 0.385. The van der Waals surface area contributed by atoms with Crippen molar-refractivity contribution in [1.82, 2.24) is 0 Å². The Balaban J connectivity index is 2.15. The van der Waals surface area contributed by atoms with E-state index in [-0.39, 0.29) is 11.9 Å². The third-order valence-electron chi connectivity index (χ3n) is 3.65. The molecule has 0 spiro atoms. The lowest BCUT2D eigenvalue weighted by Gasteiger charge is -2.31. The number of carbonyl (C=O) groups excluding carboxylic acids is 1. The molecule has 2 atom stereocenters. The van der Waals surface area contributed by atoms with Crippen molar-refractivity contribution < 1.29 is 9.53 Å². The number of nitriles is 1. The van der Waals surface area contributed by atoms with Gasteiger partial charge in [0.15, 0.2) is 0 Å². The van der Waals surface area contributed by atoms with E-state index >= 15 is 0 Å². The summed E-state index contributed by atoms with van der Waals surface area (Å²) < 4.78 is 6.70. The van der Waals surface area contributed by atoms with E-state index in [2.05, 4.69) is 22.0 Å². The molecule has 1 saturated carbocycles. The van der Waals surface area contributed by atoms with E-state index in [1.54, 1.807) is 0 Å². The predicted octanol–water partition coefficient (Wildman–Crippen LogP) is 2.72. The van der Waals surface area contributed by atoms with E-state index in [0.29, 0.717) is 19.3 Å². The average molecular weight is 292 g/mol. The van der Waals surface area contributed by atoms with Crippen molar-refractivity contribution in [3.8, 4) is 11.8 Å². The molecule has 0 bridgehead atoms. The Morgan fingerprint density at radius 3 is 3.12 bits per heavy atom. The lowest BCUT2D eigenvalue weighted by atomic mass is 9.69. The number of carbonyl (C=O) groups is 1. The maximum absolute atomic E-state index is 11.5. The number of Topliss-reactive ketones (excluding diaryl/α,β-unsaturated/α-hetero) is 1. The van der Waals surface area contributed by atoms with Crippen molar-refractivity contribution >= 4 is 21.7 Å². The molecule has 86 valence electrons. The van der Waals surface area contributed by atoms with Crippen molar-refractivity contribution in [2.75, 3.05) is 0 Å². The first-order chi connectivity index (χ1) is 8.15. The van der Waals surface area contributed by atoms with Crippen LogP contribution in [0.3, 0.4) is 0 Å². The Labute approximate surface area is 108 Å². The number of nitrogens with zero attached hydrogens (tertiary/aromatic N) is 1. The molecule has 3 rings (SSSR count). The van der Waals surface area contributed by atoms with Crippen LogP contribution in [0.15, 0.2) is 22.7 Å².